The second kappa shape index (κ2) is 4.57. The van der Waals surface area contributed by atoms with E-state index < -0.39 is 0 Å². The van der Waals surface area contributed by atoms with Crippen LogP contribution < -0.4 is 4.90 Å². The van der Waals surface area contributed by atoms with Gasteiger partial charge >= 0.3 is 0 Å². The molecule has 6 heteroatoms. The first kappa shape index (κ1) is 10.4. The normalized spacial score (nSPS) is 22.7. The number of aromatic nitrogens is 1. The van der Waals surface area contributed by atoms with E-state index in [0.29, 0.717) is 6.61 Å². The zero-order valence-corrected chi connectivity index (χ0v) is 9.92. The molecule has 1 aliphatic heterocycles. The number of aliphatic hydroxyl groups excluding tert-OH is 1. The lowest BCUT2D eigenvalue weighted by atomic mass is 10.3. The molecule has 78 valence electrons. The number of rotatable bonds is 2. The predicted octanol–water partition coefficient (Wildman–Crippen LogP) is 1.10. The van der Waals surface area contributed by atoms with Gasteiger partial charge in [-0.3, -0.25) is 0 Å². The maximum Gasteiger partial charge on any atom is 0.186 e. The highest BCUT2D eigenvalue weighted by Crippen LogP contribution is 2.24. The first-order chi connectivity index (χ1) is 6.79. The number of ether oxygens (including phenoxy) is 1. The van der Waals surface area contributed by atoms with Gasteiger partial charge in [0.1, 0.15) is 4.60 Å². The zero-order chi connectivity index (χ0) is 9.97. The Morgan fingerprint density at radius 3 is 3.29 bits per heavy atom. The van der Waals surface area contributed by atoms with Gasteiger partial charge in [0.25, 0.3) is 0 Å². The molecule has 0 spiro atoms. The van der Waals surface area contributed by atoms with Crippen molar-refractivity contribution in [3.63, 3.8) is 0 Å². The largest absolute Gasteiger partial charge is 0.394 e. The Morgan fingerprint density at radius 1 is 1.79 bits per heavy atom. The van der Waals surface area contributed by atoms with Crippen LogP contribution in [-0.2, 0) is 4.74 Å². The number of hydrogen-bond acceptors (Lipinski definition) is 5. The Bertz CT molecular complexity index is 307. The SMILES string of the molecule is OCC1CN(c2nc(Br)cs2)CCO1. The van der Waals surface area contributed by atoms with Crippen LogP contribution in [0.15, 0.2) is 9.98 Å². The summed E-state index contributed by atoms with van der Waals surface area (Å²) in [7, 11) is 0. The fourth-order valence-corrected chi connectivity index (χ4v) is 2.68. The van der Waals surface area contributed by atoms with E-state index in [9.17, 15) is 0 Å². The highest BCUT2D eigenvalue weighted by molar-refractivity contribution is 9.10. The van der Waals surface area contributed by atoms with Crippen molar-refractivity contribution in [2.45, 2.75) is 6.10 Å². The minimum absolute atomic E-state index is 0.0725. The van der Waals surface area contributed by atoms with Gasteiger partial charge in [0.15, 0.2) is 5.13 Å². The number of thiazole rings is 1. The Kier molecular flexibility index (Phi) is 3.38. The molecule has 14 heavy (non-hydrogen) atoms. The van der Waals surface area contributed by atoms with E-state index in [0.717, 1.165) is 22.8 Å². The summed E-state index contributed by atoms with van der Waals surface area (Å²) >= 11 is 4.92. The molecule has 0 bridgehead atoms. The molecular formula is C8H11BrN2O2S. The van der Waals surface area contributed by atoms with Crippen LogP contribution in [0.25, 0.3) is 0 Å². The van der Waals surface area contributed by atoms with Crippen molar-refractivity contribution in [2.24, 2.45) is 0 Å². The van der Waals surface area contributed by atoms with Crippen LogP contribution in [0.1, 0.15) is 0 Å². The summed E-state index contributed by atoms with van der Waals surface area (Å²) in [6, 6.07) is 0. The average molecular weight is 279 g/mol. The maximum absolute atomic E-state index is 8.98. The average Bonchev–Trinajstić information content (AvgIpc) is 2.65. The second-order valence-electron chi connectivity index (χ2n) is 3.07. The van der Waals surface area contributed by atoms with Crippen LogP contribution in [0.2, 0.25) is 0 Å². The smallest absolute Gasteiger partial charge is 0.186 e. The summed E-state index contributed by atoms with van der Waals surface area (Å²) in [5.41, 5.74) is 0. The van der Waals surface area contributed by atoms with Crippen LogP contribution in [0.5, 0.6) is 0 Å². The predicted molar refractivity (Wildman–Crippen MR) is 58.9 cm³/mol. The summed E-state index contributed by atoms with van der Waals surface area (Å²) < 4.78 is 6.22. The van der Waals surface area contributed by atoms with Crippen molar-refractivity contribution in [1.82, 2.24) is 4.98 Å². The van der Waals surface area contributed by atoms with Crippen molar-refractivity contribution >= 4 is 32.4 Å². The van der Waals surface area contributed by atoms with Crippen LogP contribution in [0.3, 0.4) is 0 Å². The minimum Gasteiger partial charge on any atom is -0.394 e. The molecule has 1 atom stereocenters. The monoisotopic (exact) mass is 278 g/mol. The van der Waals surface area contributed by atoms with Gasteiger partial charge in [0.2, 0.25) is 0 Å². The van der Waals surface area contributed by atoms with Crippen molar-refractivity contribution in [2.75, 3.05) is 31.2 Å². The number of morpholine rings is 1. The minimum atomic E-state index is -0.0774. The van der Waals surface area contributed by atoms with Gasteiger partial charge in [0, 0.05) is 18.5 Å². The summed E-state index contributed by atoms with van der Waals surface area (Å²) in [5.74, 6) is 0. The maximum atomic E-state index is 8.98. The molecule has 1 fully saturated rings. The third-order valence-electron chi connectivity index (χ3n) is 2.08. The van der Waals surface area contributed by atoms with Crippen LogP contribution >= 0.6 is 27.3 Å². The van der Waals surface area contributed by atoms with Crippen molar-refractivity contribution in [3.05, 3.63) is 9.98 Å². The highest BCUT2D eigenvalue weighted by Gasteiger charge is 2.21. The van der Waals surface area contributed by atoms with E-state index in [-0.39, 0.29) is 12.7 Å². The van der Waals surface area contributed by atoms with E-state index in [1.807, 2.05) is 5.38 Å². The Balaban J connectivity index is 2.04. The molecule has 1 saturated heterocycles. The van der Waals surface area contributed by atoms with E-state index in [1.54, 1.807) is 11.3 Å². The van der Waals surface area contributed by atoms with Gasteiger partial charge in [-0.25, -0.2) is 4.98 Å². The van der Waals surface area contributed by atoms with Gasteiger partial charge in [-0.1, -0.05) is 0 Å². The van der Waals surface area contributed by atoms with E-state index >= 15 is 0 Å². The summed E-state index contributed by atoms with van der Waals surface area (Å²) in [6.07, 6.45) is -0.0774. The molecule has 2 heterocycles. The van der Waals surface area contributed by atoms with Crippen LogP contribution in [0.4, 0.5) is 5.13 Å². The lowest BCUT2D eigenvalue weighted by Crippen LogP contribution is -2.44. The quantitative estimate of drug-likeness (QED) is 0.880. The molecule has 0 saturated carbocycles. The Hall–Kier alpha value is -0.170. The number of anilines is 1. The molecule has 1 aromatic rings. The van der Waals surface area contributed by atoms with Crippen LogP contribution in [-0.4, -0.2) is 42.5 Å². The molecule has 0 radical (unpaired) electrons. The summed E-state index contributed by atoms with van der Waals surface area (Å²) in [6.45, 7) is 2.29. The number of halogens is 1. The molecule has 1 unspecified atom stereocenters. The molecule has 2 rings (SSSR count). The van der Waals surface area contributed by atoms with E-state index in [1.165, 1.54) is 0 Å². The second-order valence-corrected chi connectivity index (χ2v) is 4.72. The van der Waals surface area contributed by atoms with Crippen molar-refractivity contribution < 1.29 is 9.84 Å². The van der Waals surface area contributed by atoms with Crippen molar-refractivity contribution in [3.8, 4) is 0 Å². The summed E-state index contributed by atoms with van der Waals surface area (Å²) in [5, 5.41) is 11.9. The van der Waals surface area contributed by atoms with Gasteiger partial charge in [0.05, 0.1) is 19.3 Å². The van der Waals surface area contributed by atoms with Gasteiger partial charge in [-0.05, 0) is 15.9 Å². The lowest BCUT2D eigenvalue weighted by molar-refractivity contribution is 0.00355. The highest BCUT2D eigenvalue weighted by atomic mass is 79.9. The van der Waals surface area contributed by atoms with Crippen LogP contribution in [0, 0.1) is 0 Å². The Labute approximate surface area is 94.6 Å². The number of nitrogens with zero attached hydrogens (tertiary/aromatic N) is 2. The van der Waals surface area contributed by atoms with Gasteiger partial charge < -0.3 is 14.7 Å². The van der Waals surface area contributed by atoms with E-state index in [2.05, 4.69) is 25.8 Å². The molecule has 0 amide bonds. The van der Waals surface area contributed by atoms with Gasteiger partial charge in [-0.15, -0.1) is 11.3 Å². The molecule has 0 aromatic carbocycles. The molecule has 1 N–H and O–H groups in total. The third-order valence-corrected chi connectivity index (χ3v) is 3.69. The third kappa shape index (κ3) is 2.25. The zero-order valence-electron chi connectivity index (χ0n) is 7.52. The topological polar surface area (TPSA) is 45.6 Å². The van der Waals surface area contributed by atoms with E-state index in [4.69, 9.17) is 9.84 Å². The standard InChI is InChI=1S/C8H11BrN2O2S/c9-7-5-14-8(10-7)11-1-2-13-6(3-11)4-12/h5-6,12H,1-4H2. The molecule has 1 aromatic heterocycles. The first-order valence-electron chi connectivity index (χ1n) is 4.38. The molecular weight excluding hydrogens is 268 g/mol. The summed E-state index contributed by atoms with van der Waals surface area (Å²) in [4.78, 5) is 6.47. The number of aliphatic hydroxyl groups is 1. The van der Waals surface area contributed by atoms with Gasteiger partial charge in [-0.2, -0.15) is 0 Å². The molecule has 1 aliphatic rings. The first-order valence-corrected chi connectivity index (χ1v) is 6.05. The van der Waals surface area contributed by atoms with Crippen molar-refractivity contribution in [1.29, 1.82) is 0 Å². The molecule has 4 nitrogen and oxygen atoms in total. The molecule has 0 aliphatic carbocycles. The fraction of sp³-hybridized carbons (Fsp3) is 0.625. The number of hydrogen-bond donors (Lipinski definition) is 1. The Morgan fingerprint density at radius 2 is 2.64 bits per heavy atom. The lowest BCUT2D eigenvalue weighted by Gasteiger charge is -2.31. The fourth-order valence-electron chi connectivity index (χ4n) is 1.39.